The first-order valence-electron chi connectivity index (χ1n) is 12.0. The second-order valence-corrected chi connectivity index (χ2v) is 11.5. The van der Waals surface area contributed by atoms with Crippen LogP contribution in [0.25, 0.3) is 17.1 Å². The van der Waals surface area contributed by atoms with Gasteiger partial charge in [-0.25, -0.2) is 5.43 Å². The van der Waals surface area contributed by atoms with Crippen LogP contribution in [0.4, 0.5) is 0 Å². The molecule has 0 bridgehead atoms. The van der Waals surface area contributed by atoms with Crippen LogP contribution in [0.2, 0.25) is 0 Å². The zero-order valence-corrected chi connectivity index (χ0v) is 23.4. The van der Waals surface area contributed by atoms with E-state index >= 15 is 0 Å². The number of hydrogen-bond donors (Lipinski definition) is 1. The van der Waals surface area contributed by atoms with Gasteiger partial charge in [0, 0.05) is 16.1 Å². The van der Waals surface area contributed by atoms with Crippen molar-refractivity contribution in [2.45, 2.75) is 43.2 Å². The van der Waals surface area contributed by atoms with Gasteiger partial charge in [0.1, 0.15) is 0 Å². The summed E-state index contributed by atoms with van der Waals surface area (Å²) in [5, 5.41) is 13.7. The first-order chi connectivity index (χ1) is 17.7. The Morgan fingerprint density at radius 1 is 0.973 bits per heavy atom. The maximum Gasteiger partial charge on any atom is 0.250 e. The van der Waals surface area contributed by atoms with Crippen LogP contribution in [0, 0.1) is 6.92 Å². The van der Waals surface area contributed by atoms with Crippen molar-refractivity contribution >= 4 is 35.6 Å². The molecule has 1 heterocycles. The summed E-state index contributed by atoms with van der Waals surface area (Å²) in [6, 6.07) is 24.6. The monoisotopic (exact) mass is 529 g/mol. The zero-order valence-electron chi connectivity index (χ0n) is 21.7. The van der Waals surface area contributed by atoms with Crippen molar-refractivity contribution in [3.05, 3.63) is 89.5 Å². The van der Waals surface area contributed by atoms with E-state index in [4.69, 9.17) is 0 Å². The molecule has 37 heavy (non-hydrogen) atoms. The molecule has 8 heteroatoms. The lowest BCUT2D eigenvalue weighted by atomic mass is 9.87. The molecule has 0 atom stereocenters. The van der Waals surface area contributed by atoms with Crippen molar-refractivity contribution < 1.29 is 4.79 Å². The summed E-state index contributed by atoms with van der Waals surface area (Å²) in [6.07, 6.45) is 3.67. The van der Waals surface area contributed by atoms with E-state index in [-0.39, 0.29) is 17.1 Å². The van der Waals surface area contributed by atoms with Gasteiger partial charge >= 0.3 is 0 Å². The second kappa shape index (κ2) is 11.8. The van der Waals surface area contributed by atoms with Crippen LogP contribution < -0.4 is 5.43 Å². The van der Waals surface area contributed by atoms with Crippen molar-refractivity contribution in [2.75, 3.05) is 12.0 Å². The van der Waals surface area contributed by atoms with E-state index in [1.165, 1.54) is 27.8 Å². The Morgan fingerprint density at radius 3 is 2.27 bits per heavy atom. The number of nitrogens with one attached hydrogen (secondary N) is 1. The molecule has 1 aromatic heterocycles. The third-order valence-electron chi connectivity index (χ3n) is 5.79. The number of thioether (sulfide) groups is 2. The van der Waals surface area contributed by atoms with Crippen molar-refractivity contribution in [3.8, 4) is 17.1 Å². The van der Waals surface area contributed by atoms with Gasteiger partial charge in [0.25, 0.3) is 5.91 Å². The number of aromatic nitrogens is 3. The Hall–Kier alpha value is -3.36. The first kappa shape index (κ1) is 26.7. The Morgan fingerprint density at radius 2 is 1.65 bits per heavy atom. The molecule has 3 aromatic carbocycles. The lowest BCUT2D eigenvalue weighted by Gasteiger charge is -2.19. The predicted molar refractivity (Wildman–Crippen MR) is 155 cm³/mol. The summed E-state index contributed by atoms with van der Waals surface area (Å²) < 4.78 is 2.00. The van der Waals surface area contributed by atoms with Gasteiger partial charge < -0.3 is 0 Å². The minimum absolute atomic E-state index is 0.0675. The van der Waals surface area contributed by atoms with Gasteiger partial charge in [-0.2, -0.15) is 5.10 Å². The average Bonchev–Trinajstić information content (AvgIpc) is 3.32. The molecule has 0 aliphatic rings. The highest BCUT2D eigenvalue weighted by Gasteiger charge is 2.19. The van der Waals surface area contributed by atoms with E-state index in [2.05, 4.69) is 84.8 Å². The fourth-order valence-electron chi connectivity index (χ4n) is 3.63. The van der Waals surface area contributed by atoms with Crippen LogP contribution in [0.3, 0.4) is 0 Å². The van der Waals surface area contributed by atoms with E-state index in [0.717, 1.165) is 22.6 Å². The molecule has 0 aliphatic carbocycles. The summed E-state index contributed by atoms with van der Waals surface area (Å²) in [4.78, 5) is 13.7. The largest absolute Gasteiger partial charge is 0.272 e. The molecule has 0 spiro atoms. The molecular formula is C29H31N5OS2. The van der Waals surface area contributed by atoms with Crippen LogP contribution >= 0.6 is 23.5 Å². The van der Waals surface area contributed by atoms with Crippen molar-refractivity contribution in [1.29, 1.82) is 0 Å². The molecule has 0 fully saturated rings. The van der Waals surface area contributed by atoms with Crippen LogP contribution in [0.15, 0.2) is 87.9 Å². The number of hydrazone groups is 1. The number of carbonyl (C=O) groups excluding carboxylic acids is 1. The van der Waals surface area contributed by atoms with E-state index in [1.807, 2.05) is 47.2 Å². The third kappa shape index (κ3) is 6.90. The Bertz CT molecular complexity index is 1370. The number of rotatable bonds is 8. The quantitative estimate of drug-likeness (QED) is 0.160. The summed E-state index contributed by atoms with van der Waals surface area (Å²) in [5.41, 5.74) is 7.93. The van der Waals surface area contributed by atoms with Crippen LogP contribution in [-0.4, -0.2) is 38.9 Å². The average molecular weight is 530 g/mol. The van der Waals surface area contributed by atoms with Gasteiger partial charge in [-0.1, -0.05) is 86.6 Å². The van der Waals surface area contributed by atoms with Gasteiger partial charge in [-0.05, 0) is 54.0 Å². The lowest BCUT2D eigenvalue weighted by Crippen LogP contribution is -2.20. The second-order valence-electron chi connectivity index (χ2n) is 9.66. The number of hydrogen-bond acceptors (Lipinski definition) is 6. The molecule has 0 radical (unpaired) electrons. The summed E-state index contributed by atoms with van der Waals surface area (Å²) >= 11 is 3.01. The SMILES string of the molecule is CSc1ccc(/C=N/NC(=O)CSc2nnc(-c3ccc(C(C)(C)C)cc3)n2-c2ccc(C)cc2)cc1. The molecule has 1 amide bonds. The summed E-state index contributed by atoms with van der Waals surface area (Å²) in [7, 11) is 0. The van der Waals surface area contributed by atoms with Gasteiger partial charge in [-0.15, -0.1) is 22.0 Å². The van der Waals surface area contributed by atoms with Crippen LogP contribution in [-0.2, 0) is 10.2 Å². The number of benzene rings is 3. The number of amides is 1. The zero-order chi connectivity index (χ0) is 26.4. The molecular weight excluding hydrogens is 498 g/mol. The van der Waals surface area contributed by atoms with Gasteiger partial charge in [0.05, 0.1) is 12.0 Å². The smallest absolute Gasteiger partial charge is 0.250 e. The Balaban J connectivity index is 1.51. The standard InChI is InChI=1S/C29H31N5OS2/c1-20-6-14-24(15-7-20)34-27(22-10-12-23(13-11-22)29(2,3)4)32-33-28(34)37-19-26(35)31-30-18-21-8-16-25(36-5)17-9-21/h6-18H,19H2,1-5H3,(H,31,35)/b30-18+. The van der Waals surface area contributed by atoms with Gasteiger partial charge in [0.2, 0.25) is 0 Å². The highest BCUT2D eigenvalue weighted by molar-refractivity contribution is 7.99. The Kier molecular flexibility index (Phi) is 8.51. The molecule has 4 rings (SSSR count). The molecule has 1 N–H and O–H groups in total. The summed E-state index contributed by atoms with van der Waals surface area (Å²) in [6.45, 7) is 8.64. The molecule has 190 valence electrons. The Labute approximate surface area is 227 Å². The molecule has 4 aromatic rings. The number of carbonyl (C=O) groups is 1. The maximum absolute atomic E-state index is 12.5. The van der Waals surface area contributed by atoms with Crippen molar-refractivity contribution in [1.82, 2.24) is 20.2 Å². The van der Waals surface area contributed by atoms with Crippen molar-refractivity contribution in [3.63, 3.8) is 0 Å². The molecule has 6 nitrogen and oxygen atoms in total. The van der Waals surface area contributed by atoms with E-state index in [9.17, 15) is 4.79 Å². The highest BCUT2D eigenvalue weighted by atomic mass is 32.2. The topological polar surface area (TPSA) is 72.2 Å². The fraction of sp³-hybridized carbons (Fsp3) is 0.241. The van der Waals surface area contributed by atoms with Crippen LogP contribution in [0.1, 0.15) is 37.5 Å². The minimum atomic E-state index is -0.212. The fourth-order valence-corrected chi connectivity index (χ4v) is 4.78. The normalized spacial score (nSPS) is 11.7. The van der Waals surface area contributed by atoms with Crippen molar-refractivity contribution in [2.24, 2.45) is 5.10 Å². The molecule has 0 aliphatic heterocycles. The first-order valence-corrected chi connectivity index (χ1v) is 14.2. The predicted octanol–water partition coefficient (Wildman–Crippen LogP) is 6.50. The lowest BCUT2D eigenvalue weighted by molar-refractivity contribution is -0.118. The number of nitrogens with zero attached hydrogens (tertiary/aromatic N) is 4. The highest BCUT2D eigenvalue weighted by Crippen LogP contribution is 2.30. The molecule has 0 unspecified atom stereocenters. The van der Waals surface area contributed by atoms with E-state index in [1.54, 1.807) is 18.0 Å². The molecule has 0 saturated heterocycles. The van der Waals surface area contributed by atoms with Gasteiger partial charge in [-0.3, -0.25) is 9.36 Å². The summed E-state index contributed by atoms with van der Waals surface area (Å²) in [5.74, 6) is 0.686. The maximum atomic E-state index is 12.5. The van der Waals surface area contributed by atoms with E-state index in [0.29, 0.717) is 5.16 Å². The third-order valence-corrected chi connectivity index (χ3v) is 7.46. The van der Waals surface area contributed by atoms with Gasteiger partial charge in [0.15, 0.2) is 11.0 Å². The van der Waals surface area contributed by atoms with Crippen LogP contribution in [0.5, 0.6) is 0 Å². The number of aryl methyl sites for hydroxylation is 1. The minimum Gasteiger partial charge on any atom is -0.272 e. The van der Waals surface area contributed by atoms with E-state index < -0.39 is 0 Å². The molecule has 0 saturated carbocycles.